The van der Waals surface area contributed by atoms with E-state index in [0.717, 1.165) is 34.7 Å². The third-order valence-corrected chi connectivity index (χ3v) is 9.27. The molecule has 0 aliphatic carbocycles. The number of hydrogen-bond acceptors (Lipinski definition) is 15. The van der Waals surface area contributed by atoms with Crippen LogP contribution in [0.3, 0.4) is 0 Å². The van der Waals surface area contributed by atoms with Gasteiger partial charge in [0.25, 0.3) is 5.91 Å². The molecular weight excluding hydrogens is 887 g/mol. The molecule has 7 aromatic rings. The fourth-order valence-corrected chi connectivity index (χ4v) is 5.92. The molecule has 0 saturated carbocycles. The number of allylic oxidation sites excluding steroid dienone is 1. The van der Waals surface area contributed by atoms with Gasteiger partial charge in [0.2, 0.25) is 18.2 Å². The Balaban J connectivity index is 0.000000222. The van der Waals surface area contributed by atoms with Gasteiger partial charge in [-0.2, -0.15) is 10.5 Å². The second kappa shape index (κ2) is 25.9. The normalized spacial score (nSPS) is 10.4. The second-order valence-electron chi connectivity index (χ2n) is 15.3. The second-order valence-corrected chi connectivity index (χ2v) is 15.3. The molecule has 17 heteroatoms. The molecule has 0 atom stereocenters. The lowest BCUT2D eigenvalue weighted by molar-refractivity contribution is -0.112. The van der Waals surface area contributed by atoms with Crippen LogP contribution in [0.15, 0.2) is 164 Å². The molecule has 2 aromatic heterocycles. The smallest absolute Gasteiger partial charge is 0.265 e. The molecule has 5 aromatic carbocycles. The molecule has 2 amide bonds. The number of para-hydroxylation sites is 1. The molecule has 0 spiro atoms. The summed E-state index contributed by atoms with van der Waals surface area (Å²) in [6, 6.07) is 41.7. The van der Waals surface area contributed by atoms with Crippen molar-refractivity contribution in [2.75, 3.05) is 42.7 Å². The number of ether oxygens (including phenoxy) is 4. The van der Waals surface area contributed by atoms with Gasteiger partial charge in [-0.25, -0.2) is 19.9 Å². The summed E-state index contributed by atoms with van der Waals surface area (Å²) in [6.45, 7) is 9.96. The number of nitrogens with two attached hydrogens (primary N) is 2. The third-order valence-electron chi connectivity index (χ3n) is 9.27. The topological polar surface area (TPSA) is 250 Å². The van der Waals surface area contributed by atoms with Crippen molar-refractivity contribution in [2.24, 2.45) is 0 Å². The standard InChI is InChI=1S/C23H21N5O3.C23H18N4O3.C7H12N2/c1-14(2)30-18-9-7-16(8-10-18)20-21(25)26-13-27-23(20)31-19-6-4-5-17(11-19)28-22(29)15(3)12-24;24-22-21(16-6-10-19(11-7-16)29-18-4-2-1-3-5-18)23(26-14-25-22)30-20-12-8-17(9-13-20)27-15-28;1-7(6-8)4-5-9(2)3/h4-11,13-14H,3H2,1-2H3,(H,28,29)(H2,25,26,27);1-15H,(H,27,28)(H2,24,25,26);4H,5H2,1-3H3/b;;7-4-. The third kappa shape index (κ3) is 15.8. The molecule has 354 valence electrons. The zero-order chi connectivity index (χ0) is 50.4. The van der Waals surface area contributed by atoms with E-state index in [-0.39, 0.29) is 23.4 Å². The zero-order valence-electron chi connectivity index (χ0n) is 39.2. The van der Waals surface area contributed by atoms with E-state index in [2.05, 4.69) is 43.2 Å². The van der Waals surface area contributed by atoms with Gasteiger partial charge in [0.1, 0.15) is 64.7 Å². The van der Waals surface area contributed by atoms with Gasteiger partial charge >= 0.3 is 0 Å². The molecule has 0 unspecified atom stereocenters. The maximum atomic E-state index is 11.9. The number of nitriles is 2. The summed E-state index contributed by atoms with van der Waals surface area (Å²) in [5, 5.41) is 22.3. The van der Waals surface area contributed by atoms with Crippen LogP contribution in [-0.4, -0.2) is 63.9 Å². The number of hydrogen-bond donors (Lipinski definition) is 4. The van der Waals surface area contributed by atoms with Crippen molar-refractivity contribution in [1.29, 1.82) is 10.5 Å². The van der Waals surface area contributed by atoms with Crippen LogP contribution in [0.4, 0.5) is 23.0 Å². The lowest BCUT2D eigenvalue weighted by Gasteiger charge is -2.14. The molecule has 0 fully saturated rings. The number of carbonyl (C=O) groups excluding carboxylic acids is 2. The molecule has 2 heterocycles. The first kappa shape index (κ1) is 51.4. The van der Waals surface area contributed by atoms with E-state index in [1.54, 1.807) is 54.6 Å². The number of rotatable bonds is 16. The molecule has 6 N–H and O–H groups in total. The monoisotopic (exact) mass is 937 g/mol. The molecule has 0 saturated heterocycles. The number of anilines is 4. The van der Waals surface area contributed by atoms with Crippen molar-refractivity contribution >= 4 is 35.3 Å². The summed E-state index contributed by atoms with van der Waals surface area (Å²) in [5.74, 6) is 3.72. The van der Waals surface area contributed by atoms with Crippen LogP contribution in [0.2, 0.25) is 0 Å². The van der Waals surface area contributed by atoms with Crippen LogP contribution >= 0.6 is 0 Å². The van der Waals surface area contributed by atoms with E-state index >= 15 is 0 Å². The maximum Gasteiger partial charge on any atom is 0.265 e. The first-order chi connectivity index (χ1) is 33.8. The predicted octanol–water partition coefficient (Wildman–Crippen LogP) is 10.2. The fourth-order valence-electron chi connectivity index (χ4n) is 5.92. The van der Waals surface area contributed by atoms with Crippen molar-refractivity contribution in [3.8, 4) is 74.9 Å². The summed E-state index contributed by atoms with van der Waals surface area (Å²) in [5.41, 5.74) is 16.6. The highest BCUT2D eigenvalue weighted by Crippen LogP contribution is 2.38. The summed E-state index contributed by atoms with van der Waals surface area (Å²) >= 11 is 0. The number of amides is 2. The van der Waals surface area contributed by atoms with E-state index in [9.17, 15) is 9.59 Å². The number of nitrogens with zero attached hydrogens (tertiary/aromatic N) is 7. The first-order valence-corrected chi connectivity index (χ1v) is 21.5. The Labute approximate surface area is 406 Å². The largest absolute Gasteiger partial charge is 0.491 e. The lowest BCUT2D eigenvalue weighted by Crippen LogP contribution is -2.12. The summed E-state index contributed by atoms with van der Waals surface area (Å²) in [4.78, 5) is 41.1. The zero-order valence-corrected chi connectivity index (χ0v) is 39.2. The maximum absolute atomic E-state index is 11.9. The molecule has 0 aliphatic heterocycles. The van der Waals surface area contributed by atoms with E-state index < -0.39 is 5.91 Å². The summed E-state index contributed by atoms with van der Waals surface area (Å²) in [6.07, 6.45) is 5.24. The molecular formula is C53H51N11O6. The number of carbonyl (C=O) groups is 2. The quantitative estimate of drug-likeness (QED) is 0.0400. The van der Waals surface area contributed by atoms with Gasteiger partial charge in [-0.1, -0.05) is 61.2 Å². The van der Waals surface area contributed by atoms with Gasteiger partial charge in [-0.15, -0.1) is 0 Å². The minimum Gasteiger partial charge on any atom is -0.491 e. The van der Waals surface area contributed by atoms with E-state index in [0.29, 0.717) is 57.9 Å². The van der Waals surface area contributed by atoms with Crippen LogP contribution < -0.4 is 41.0 Å². The van der Waals surface area contributed by atoms with Gasteiger partial charge in [-0.3, -0.25) is 9.59 Å². The van der Waals surface area contributed by atoms with Gasteiger partial charge in [0.15, 0.2) is 0 Å². The van der Waals surface area contributed by atoms with Crippen LogP contribution in [0.5, 0.6) is 40.5 Å². The van der Waals surface area contributed by atoms with Crippen LogP contribution in [0.1, 0.15) is 20.8 Å². The average Bonchev–Trinajstić information content (AvgIpc) is 3.35. The fraction of sp³-hybridized carbons (Fsp3) is 0.132. The number of benzene rings is 5. The van der Waals surface area contributed by atoms with Gasteiger partial charge < -0.3 is 45.9 Å². The molecule has 0 aliphatic rings. The highest BCUT2D eigenvalue weighted by Gasteiger charge is 2.17. The molecule has 7 rings (SSSR count). The van der Waals surface area contributed by atoms with Crippen molar-refractivity contribution in [3.05, 3.63) is 164 Å². The summed E-state index contributed by atoms with van der Waals surface area (Å²) < 4.78 is 23.4. The minimum atomic E-state index is -0.588. The molecule has 70 heavy (non-hydrogen) atoms. The van der Waals surface area contributed by atoms with Gasteiger partial charge in [0.05, 0.1) is 23.3 Å². The Morgan fingerprint density at radius 2 is 1.20 bits per heavy atom. The van der Waals surface area contributed by atoms with Gasteiger partial charge in [-0.05, 0) is 119 Å². The lowest BCUT2D eigenvalue weighted by atomic mass is 10.1. The number of aromatic nitrogens is 4. The molecule has 0 bridgehead atoms. The highest BCUT2D eigenvalue weighted by molar-refractivity contribution is 6.06. The van der Waals surface area contributed by atoms with Crippen LogP contribution in [-0.2, 0) is 9.59 Å². The molecule has 17 nitrogen and oxygen atoms in total. The van der Waals surface area contributed by atoms with Gasteiger partial charge in [0, 0.05) is 29.6 Å². The average molecular weight is 938 g/mol. The van der Waals surface area contributed by atoms with Crippen molar-refractivity contribution in [1.82, 2.24) is 24.8 Å². The first-order valence-electron chi connectivity index (χ1n) is 21.5. The Bertz CT molecular complexity index is 2970. The number of likely N-dealkylation sites (N-methyl/N-ethyl adjacent to an activating group) is 1. The van der Waals surface area contributed by atoms with Crippen molar-refractivity contribution < 1.29 is 28.5 Å². The Morgan fingerprint density at radius 3 is 1.73 bits per heavy atom. The Morgan fingerprint density at radius 1 is 0.686 bits per heavy atom. The predicted molar refractivity (Wildman–Crippen MR) is 270 cm³/mol. The molecule has 0 radical (unpaired) electrons. The van der Waals surface area contributed by atoms with Crippen molar-refractivity contribution in [2.45, 2.75) is 26.9 Å². The summed E-state index contributed by atoms with van der Waals surface area (Å²) in [7, 11) is 3.95. The van der Waals surface area contributed by atoms with Crippen molar-refractivity contribution in [3.63, 3.8) is 0 Å². The Hall–Kier alpha value is -9.58. The highest BCUT2D eigenvalue weighted by atomic mass is 16.5. The number of nitrogen functional groups attached to an aromatic ring is 2. The van der Waals surface area contributed by atoms with E-state index in [4.69, 9.17) is 40.9 Å². The van der Waals surface area contributed by atoms with Crippen LogP contribution in [0, 0.1) is 22.7 Å². The minimum absolute atomic E-state index is 0.0629. The van der Waals surface area contributed by atoms with E-state index in [1.807, 2.05) is 125 Å². The van der Waals surface area contributed by atoms with E-state index in [1.165, 1.54) is 12.7 Å². The number of nitrogens with one attached hydrogen (secondary N) is 2. The Kier molecular flexibility index (Phi) is 19.0. The SMILES string of the molecule is C/C(C#N)=C/CN(C)C.C=C(C#N)C(=O)Nc1cccc(Oc2ncnc(N)c2-c2ccc(OC(C)C)cc2)c1.Nc1ncnc(Oc2ccc(NC=O)cc2)c1-c1ccc(Oc2ccccc2)cc1. The van der Waals surface area contributed by atoms with Crippen LogP contribution in [0.25, 0.3) is 22.3 Å².